The number of fused-ring (bicyclic) bond motifs is 2. The maximum absolute atomic E-state index is 9.73. The highest BCUT2D eigenvalue weighted by Gasteiger charge is 2.56. The summed E-state index contributed by atoms with van der Waals surface area (Å²) < 4.78 is 11.5. The zero-order chi connectivity index (χ0) is 8.89. The van der Waals surface area contributed by atoms with Gasteiger partial charge in [-0.25, -0.2) is 0 Å². The maximum Gasteiger partial charge on any atom is 0.171 e. The van der Waals surface area contributed by atoms with Gasteiger partial charge in [0.25, 0.3) is 0 Å². The van der Waals surface area contributed by atoms with Crippen molar-refractivity contribution in [1.29, 1.82) is 0 Å². The molecule has 3 aliphatic rings. The molecule has 1 N–H and O–H groups in total. The molecule has 0 radical (unpaired) electrons. The Labute approximate surface area is 78.0 Å². The number of aliphatic hydroxyl groups is 1. The van der Waals surface area contributed by atoms with Crippen LogP contribution < -0.4 is 0 Å². The largest absolute Gasteiger partial charge is 0.393 e. The average Bonchev–Trinajstić information content (AvgIpc) is 2.76. The fourth-order valence-electron chi connectivity index (χ4n) is 3.37. The molecule has 0 bridgehead atoms. The zero-order valence-corrected chi connectivity index (χ0v) is 7.74. The number of rotatable bonds is 0. The fraction of sp³-hybridized carbons (Fsp3) is 1.00. The van der Waals surface area contributed by atoms with Crippen molar-refractivity contribution in [2.45, 2.75) is 37.6 Å². The zero-order valence-electron chi connectivity index (χ0n) is 7.74. The Balaban J connectivity index is 1.85. The second-order valence-electron chi connectivity index (χ2n) is 4.46. The van der Waals surface area contributed by atoms with Gasteiger partial charge in [-0.1, -0.05) is 0 Å². The second-order valence-corrected chi connectivity index (χ2v) is 4.46. The van der Waals surface area contributed by atoms with E-state index in [4.69, 9.17) is 9.47 Å². The number of hydrogen-bond acceptors (Lipinski definition) is 3. The summed E-state index contributed by atoms with van der Waals surface area (Å²) in [6.07, 6.45) is 3.97. The summed E-state index contributed by atoms with van der Waals surface area (Å²) in [5.41, 5.74) is 0. The summed E-state index contributed by atoms with van der Waals surface area (Å²) in [6, 6.07) is 0. The van der Waals surface area contributed by atoms with Gasteiger partial charge in [-0.3, -0.25) is 0 Å². The van der Waals surface area contributed by atoms with Crippen molar-refractivity contribution in [3.05, 3.63) is 0 Å². The minimum absolute atomic E-state index is 0.0998. The molecule has 3 rings (SSSR count). The molecule has 3 atom stereocenters. The Bertz CT molecular complexity index is 210. The van der Waals surface area contributed by atoms with Crippen LogP contribution in [0.1, 0.15) is 25.7 Å². The maximum atomic E-state index is 9.73. The van der Waals surface area contributed by atoms with Gasteiger partial charge in [-0.15, -0.1) is 0 Å². The van der Waals surface area contributed by atoms with Gasteiger partial charge in [0.05, 0.1) is 19.3 Å². The molecule has 3 nitrogen and oxygen atoms in total. The summed E-state index contributed by atoms with van der Waals surface area (Å²) in [6.45, 7) is 1.47. The van der Waals surface area contributed by atoms with E-state index >= 15 is 0 Å². The first-order valence-electron chi connectivity index (χ1n) is 5.28. The molecule has 1 heterocycles. The number of ether oxygens (including phenoxy) is 2. The highest BCUT2D eigenvalue weighted by molar-refractivity contribution is 5.00. The summed E-state index contributed by atoms with van der Waals surface area (Å²) in [5, 5.41) is 9.73. The smallest absolute Gasteiger partial charge is 0.171 e. The standard InChI is InChI=1S/C10H16O3/c11-9-2-1-8-7(9)3-4-10(8)12-5-6-13-10/h7-9,11H,1-6H2/t7-,8-,9-/m1/s1. The van der Waals surface area contributed by atoms with Crippen LogP contribution in [-0.4, -0.2) is 30.2 Å². The predicted molar refractivity (Wildman–Crippen MR) is 46.1 cm³/mol. The SMILES string of the molecule is O[C@@H]1CC[C@@H]2[C@H]1CCC21OCCO1. The van der Waals surface area contributed by atoms with E-state index in [0.29, 0.717) is 11.8 Å². The Morgan fingerprint density at radius 1 is 1.08 bits per heavy atom. The van der Waals surface area contributed by atoms with Crippen molar-refractivity contribution in [3.8, 4) is 0 Å². The molecule has 0 amide bonds. The van der Waals surface area contributed by atoms with Crippen molar-refractivity contribution in [2.75, 3.05) is 13.2 Å². The molecule has 1 aliphatic heterocycles. The van der Waals surface area contributed by atoms with Crippen molar-refractivity contribution >= 4 is 0 Å². The lowest BCUT2D eigenvalue weighted by molar-refractivity contribution is -0.184. The lowest BCUT2D eigenvalue weighted by atomic mass is 9.96. The first kappa shape index (κ1) is 8.21. The van der Waals surface area contributed by atoms with Crippen LogP contribution >= 0.6 is 0 Å². The van der Waals surface area contributed by atoms with E-state index in [-0.39, 0.29) is 11.9 Å². The second kappa shape index (κ2) is 2.69. The predicted octanol–water partition coefficient (Wildman–Crippen LogP) is 0.910. The average molecular weight is 184 g/mol. The van der Waals surface area contributed by atoms with E-state index < -0.39 is 0 Å². The van der Waals surface area contributed by atoms with Gasteiger partial charge in [0.15, 0.2) is 5.79 Å². The molecule has 0 aromatic heterocycles. The first-order chi connectivity index (χ1) is 6.32. The van der Waals surface area contributed by atoms with Crippen LogP contribution in [0.5, 0.6) is 0 Å². The molecular formula is C10H16O3. The van der Waals surface area contributed by atoms with Crippen molar-refractivity contribution < 1.29 is 14.6 Å². The first-order valence-corrected chi connectivity index (χ1v) is 5.28. The minimum Gasteiger partial charge on any atom is -0.393 e. The van der Waals surface area contributed by atoms with Crippen molar-refractivity contribution in [1.82, 2.24) is 0 Å². The Hall–Kier alpha value is -0.120. The molecule has 1 spiro atoms. The molecule has 0 unspecified atom stereocenters. The van der Waals surface area contributed by atoms with E-state index in [1.54, 1.807) is 0 Å². The summed E-state index contributed by atoms with van der Waals surface area (Å²) in [5.74, 6) is 0.616. The van der Waals surface area contributed by atoms with Gasteiger partial charge in [0.1, 0.15) is 0 Å². The number of aliphatic hydroxyl groups excluding tert-OH is 1. The summed E-state index contributed by atoms with van der Waals surface area (Å²) in [7, 11) is 0. The molecule has 3 heteroatoms. The molecule has 3 fully saturated rings. The van der Waals surface area contributed by atoms with Gasteiger partial charge in [-0.05, 0) is 25.2 Å². The minimum atomic E-state index is -0.290. The Morgan fingerprint density at radius 2 is 1.85 bits per heavy atom. The Morgan fingerprint density at radius 3 is 2.62 bits per heavy atom. The molecular weight excluding hydrogens is 168 g/mol. The monoisotopic (exact) mass is 184 g/mol. The van der Waals surface area contributed by atoms with Gasteiger partial charge < -0.3 is 14.6 Å². The van der Waals surface area contributed by atoms with Gasteiger partial charge in [-0.2, -0.15) is 0 Å². The summed E-state index contributed by atoms with van der Waals surface area (Å²) >= 11 is 0. The molecule has 13 heavy (non-hydrogen) atoms. The van der Waals surface area contributed by atoms with Crippen LogP contribution in [0.25, 0.3) is 0 Å². The van der Waals surface area contributed by atoms with Gasteiger partial charge >= 0.3 is 0 Å². The fourth-order valence-corrected chi connectivity index (χ4v) is 3.37. The normalized spacial score (nSPS) is 47.3. The van der Waals surface area contributed by atoms with E-state index in [1.165, 1.54) is 0 Å². The lowest BCUT2D eigenvalue weighted by Gasteiger charge is -2.28. The quantitative estimate of drug-likeness (QED) is 0.608. The van der Waals surface area contributed by atoms with Crippen molar-refractivity contribution in [2.24, 2.45) is 11.8 Å². The molecule has 2 aliphatic carbocycles. The topological polar surface area (TPSA) is 38.7 Å². The van der Waals surface area contributed by atoms with E-state index in [1.807, 2.05) is 0 Å². The third-order valence-corrected chi connectivity index (χ3v) is 3.95. The highest BCUT2D eigenvalue weighted by atomic mass is 16.7. The van der Waals surface area contributed by atoms with Crippen LogP contribution in [0.4, 0.5) is 0 Å². The molecule has 2 saturated carbocycles. The van der Waals surface area contributed by atoms with Crippen LogP contribution in [0.2, 0.25) is 0 Å². The third kappa shape index (κ3) is 1.01. The summed E-state index contributed by atoms with van der Waals surface area (Å²) in [4.78, 5) is 0. The Kier molecular flexibility index (Phi) is 1.70. The highest BCUT2D eigenvalue weighted by Crippen LogP contribution is 2.53. The van der Waals surface area contributed by atoms with Crippen LogP contribution in [0.15, 0.2) is 0 Å². The van der Waals surface area contributed by atoms with E-state index in [2.05, 4.69) is 0 Å². The van der Waals surface area contributed by atoms with Crippen molar-refractivity contribution in [3.63, 3.8) is 0 Å². The molecule has 0 aromatic rings. The van der Waals surface area contributed by atoms with Crippen LogP contribution in [0.3, 0.4) is 0 Å². The lowest BCUT2D eigenvalue weighted by Crippen LogP contribution is -2.35. The number of hydrogen-bond donors (Lipinski definition) is 1. The third-order valence-electron chi connectivity index (χ3n) is 3.95. The van der Waals surface area contributed by atoms with E-state index in [0.717, 1.165) is 38.9 Å². The van der Waals surface area contributed by atoms with Crippen LogP contribution in [-0.2, 0) is 9.47 Å². The molecule has 74 valence electrons. The van der Waals surface area contributed by atoms with Gasteiger partial charge in [0.2, 0.25) is 0 Å². The molecule has 0 aromatic carbocycles. The van der Waals surface area contributed by atoms with Gasteiger partial charge in [0, 0.05) is 12.3 Å². The molecule has 1 saturated heterocycles. The van der Waals surface area contributed by atoms with E-state index in [9.17, 15) is 5.11 Å². The van der Waals surface area contributed by atoms with Crippen LogP contribution in [0, 0.1) is 11.8 Å².